The first-order chi connectivity index (χ1) is 9.17. The summed E-state index contributed by atoms with van der Waals surface area (Å²) in [5.74, 6) is 0.386. The van der Waals surface area contributed by atoms with Gasteiger partial charge in [0, 0.05) is 5.38 Å². The van der Waals surface area contributed by atoms with Gasteiger partial charge in [0.15, 0.2) is 0 Å². The monoisotopic (exact) mass is 299 g/mol. The Balaban J connectivity index is 2.01. The lowest BCUT2D eigenvalue weighted by Gasteiger charge is -2.06. The fourth-order valence-electron chi connectivity index (χ4n) is 1.33. The first-order valence-corrected chi connectivity index (χ1v) is 7.12. The Hall–Kier alpha value is -1.47. The van der Waals surface area contributed by atoms with E-state index in [0.29, 0.717) is 19.1 Å². The molecule has 0 atom stereocenters. The van der Waals surface area contributed by atoms with E-state index in [1.54, 1.807) is 11.3 Å². The van der Waals surface area contributed by atoms with Gasteiger partial charge in [-0.1, -0.05) is 6.92 Å². The molecule has 19 heavy (non-hydrogen) atoms. The Morgan fingerprint density at radius 3 is 2.84 bits per heavy atom. The van der Waals surface area contributed by atoms with E-state index in [1.807, 2.05) is 19.2 Å². The number of hydrogen-bond donors (Lipinski definition) is 1. The van der Waals surface area contributed by atoms with Gasteiger partial charge < -0.3 is 10.1 Å². The van der Waals surface area contributed by atoms with Crippen LogP contribution in [0.15, 0.2) is 5.38 Å². The molecular formula is C11H14ClN5OS. The third kappa shape index (κ3) is 4.29. The average molecular weight is 300 g/mol. The minimum Gasteiger partial charge on any atom is -0.463 e. The Morgan fingerprint density at radius 1 is 1.32 bits per heavy atom. The molecule has 2 aromatic heterocycles. The second kappa shape index (κ2) is 6.63. The van der Waals surface area contributed by atoms with Crippen molar-refractivity contribution >= 4 is 28.9 Å². The molecule has 0 aromatic carbocycles. The quantitative estimate of drug-likeness (QED) is 0.884. The molecule has 0 saturated carbocycles. The van der Waals surface area contributed by atoms with Crippen molar-refractivity contribution in [1.82, 2.24) is 19.9 Å². The summed E-state index contributed by atoms with van der Waals surface area (Å²) in [4.78, 5) is 16.4. The minimum atomic E-state index is 0.109. The van der Waals surface area contributed by atoms with Crippen molar-refractivity contribution in [1.29, 1.82) is 0 Å². The normalized spacial score (nSPS) is 10.5. The van der Waals surface area contributed by atoms with E-state index >= 15 is 0 Å². The summed E-state index contributed by atoms with van der Waals surface area (Å²) in [6.45, 7) is 5.06. The molecule has 0 spiro atoms. The van der Waals surface area contributed by atoms with Gasteiger partial charge in [-0.2, -0.15) is 15.0 Å². The molecule has 0 aliphatic heterocycles. The molecular weight excluding hydrogens is 286 g/mol. The summed E-state index contributed by atoms with van der Waals surface area (Å²) in [6.07, 6.45) is 0.879. The lowest BCUT2D eigenvalue weighted by Crippen LogP contribution is -2.07. The number of thiazole rings is 1. The average Bonchev–Trinajstić information content (AvgIpc) is 2.79. The van der Waals surface area contributed by atoms with Crippen LogP contribution >= 0.6 is 22.9 Å². The van der Waals surface area contributed by atoms with Crippen molar-refractivity contribution in [2.75, 3.05) is 11.9 Å². The smallest absolute Gasteiger partial charge is 0.322 e. The molecule has 0 saturated heterocycles. The first-order valence-electron chi connectivity index (χ1n) is 5.86. The highest BCUT2D eigenvalue weighted by Gasteiger charge is 2.06. The summed E-state index contributed by atoms with van der Waals surface area (Å²) >= 11 is 7.42. The number of anilines is 1. The SMILES string of the molecule is CCCOc1nc(Cl)nc(NCc2csc(C)n2)n1. The maximum absolute atomic E-state index is 5.82. The molecule has 0 aliphatic rings. The summed E-state index contributed by atoms with van der Waals surface area (Å²) < 4.78 is 5.33. The van der Waals surface area contributed by atoms with Crippen LogP contribution in [0.25, 0.3) is 0 Å². The predicted molar refractivity (Wildman–Crippen MR) is 74.8 cm³/mol. The van der Waals surface area contributed by atoms with Crippen molar-refractivity contribution in [2.45, 2.75) is 26.8 Å². The van der Waals surface area contributed by atoms with E-state index < -0.39 is 0 Å². The van der Waals surface area contributed by atoms with E-state index in [9.17, 15) is 0 Å². The summed E-state index contributed by atoms with van der Waals surface area (Å²) in [5.41, 5.74) is 0.940. The summed E-state index contributed by atoms with van der Waals surface area (Å²) in [7, 11) is 0. The van der Waals surface area contributed by atoms with Gasteiger partial charge in [-0.3, -0.25) is 0 Å². The maximum atomic E-state index is 5.82. The number of rotatable bonds is 6. The molecule has 2 heterocycles. The van der Waals surface area contributed by atoms with Crippen LogP contribution in [-0.2, 0) is 6.54 Å². The van der Waals surface area contributed by atoms with Crippen molar-refractivity contribution in [2.24, 2.45) is 0 Å². The molecule has 0 bridgehead atoms. The second-order valence-electron chi connectivity index (χ2n) is 3.77. The van der Waals surface area contributed by atoms with E-state index in [4.69, 9.17) is 16.3 Å². The fraction of sp³-hybridized carbons (Fsp3) is 0.455. The maximum Gasteiger partial charge on any atom is 0.322 e. The number of halogens is 1. The van der Waals surface area contributed by atoms with Crippen LogP contribution in [0.3, 0.4) is 0 Å². The molecule has 2 rings (SSSR count). The third-order valence-electron chi connectivity index (χ3n) is 2.12. The minimum absolute atomic E-state index is 0.109. The van der Waals surface area contributed by atoms with Crippen LogP contribution in [0.5, 0.6) is 6.01 Å². The standard InChI is InChI=1S/C11H14ClN5OS/c1-3-4-18-11-16-9(12)15-10(17-11)13-5-8-6-19-7(2)14-8/h6H,3-5H2,1-2H3,(H,13,15,16,17). The molecule has 102 valence electrons. The molecule has 0 amide bonds. The number of nitrogens with zero attached hydrogens (tertiary/aromatic N) is 4. The van der Waals surface area contributed by atoms with Crippen molar-refractivity contribution in [3.63, 3.8) is 0 Å². The Morgan fingerprint density at radius 2 is 2.16 bits per heavy atom. The Bertz CT molecular complexity index is 548. The highest BCUT2D eigenvalue weighted by molar-refractivity contribution is 7.09. The van der Waals surface area contributed by atoms with Gasteiger partial charge in [-0.15, -0.1) is 11.3 Å². The second-order valence-corrected chi connectivity index (χ2v) is 5.17. The molecule has 2 aromatic rings. The van der Waals surface area contributed by atoms with Gasteiger partial charge >= 0.3 is 6.01 Å². The lowest BCUT2D eigenvalue weighted by atomic mass is 10.5. The fourth-order valence-corrected chi connectivity index (χ4v) is 2.09. The third-order valence-corrected chi connectivity index (χ3v) is 3.11. The van der Waals surface area contributed by atoms with Gasteiger partial charge in [0.25, 0.3) is 0 Å². The highest BCUT2D eigenvalue weighted by Crippen LogP contribution is 2.13. The van der Waals surface area contributed by atoms with Crippen LogP contribution in [0, 0.1) is 6.92 Å². The van der Waals surface area contributed by atoms with Crippen LogP contribution in [-0.4, -0.2) is 26.5 Å². The Kier molecular flexibility index (Phi) is 4.86. The molecule has 0 fully saturated rings. The van der Waals surface area contributed by atoms with E-state index in [-0.39, 0.29) is 11.3 Å². The number of nitrogens with one attached hydrogen (secondary N) is 1. The Labute approximate surface area is 120 Å². The van der Waals surface area contributed by atoms with Gasteiger partial charge in [0.1, 0.15) is 0 Å². The van der Waals surface area contributed by atoms with Gasteiger partial charge in [0.2, 0.25) is 11.2 Å². The molecule has 0 radical (unpaired) electrons. The van der Waals surface area contributed by atoms with Crippen molar-refractivity contribution in [3.05, 3.63) is 21.4 Å². The molecule has 1 N–H and O–H groups in total. The van der Waals surface area contributed by atoms with Gasteiger partial charge in [-0.25, -0.2) is 4.98 Å². The molecule has 0 aliphatic carbocycles. The number of aromatic nitrogens is 4. The van der Waals surface area contributed by atoms with Crippen LogP contribution in [0.1, 0.15) is 24.0 Å². The summed E-state index contributed by atoms with van der Waals surface area (Å²) in [5, 5.41) is 6.17. The highest BCUT2D eigenvalue weighted by atomic mass is 35.5. The van der Waals surface area contributed by atoms with Crippen LogP contribution < -0.4 is 10.1 Å². The van der Waals surface area contributed by atoms with E-state index in [0.717, 1.165) is 17.1 Å². The van der Waals surface area contributed by atoms with Crippen molar-refractivity contribution < 1.29 is 4.74 Å². The van der Waals surface area contributed by atoms with Crippen molar-refractivity contribution in [3.8, 4) is 6.01 Å². The largest absolute Gasteiger partial charge is 0.463 e. The van der Waals surface area contributed by atoms with Gasteiger partial charge in [0.05, 0.1) is 23.9 Å². The number of ether oxygens (including phenoxy) is 1. The lowest BCUT2D eigenvalue weighted by molar-refractivity contribution is 0.291. The van der Waals surface area contributed by atoms with E-state index in [2.05, 4.69) is 25.3 Å². The number of aryl methyl sites for hydroxylation is 1. The molecule has 0 unspecified atom stereocenters. The zero-order valence-corrected chi connectivity index (χ0v) is 12.3. The molecule has 8 heteroatoms. The zero-order valence-electron chi connectivity index (χ0n) is 10.7. The molecule has 6 nitrogen and oxygen atoms in total. The van der Waals surface area contributed by atoms with Gasteiger partial charge in [-0.05, 0) is 24.9 Å². The van der Waals surface area contributed by atoms with Crippen LogP contribution in [0.4, 0.5) is 5.95 Å². The summed E-state index contributed by atoms with van der Waals surface area (Å²) in [6, 6.07) is 0.235. The van der Waals surface area contributed by atoms with Crippen LogP contribution in [0.2, 0.25) is 5.28 Å². The number of hydrogen-bond acceptors (Lipinski definition) is 7. The first kappa shape index (κ1) is 14.0. The topological polar surface area (TPSA) is 72.8 Å². The zero-order chi connectivity index (χ0) is 13.7. The van der Waals surface area contributed by atoms with E-state index in [1.165, 1.54) is 0 Å². The predicted octanol–water partition coefficient (Wildman–Crippen LogP) is 2.69.